The summed E-state index contributed by atoms with van der Waals surface area (Å²) in [5.41, 5.74) is 13.2. The lowest BCUT2D eigenvalue weighted by Crippen LogP contribution is -2.62. The quantitative estimate of drug-likeness (QED) is 0.199. The molecule has 6 aliphatic heterocycles. The summed E-state index contributed by atoms with van der Waals surface area (Å²) in [6.07, 6.45) is 9.45. The molecule has 0 aromatic carbocycles. The molecule has 7 aliphatic rings. The van der Waals surface area contributed by atoms with Crippen LogP contribution in [0.3, 0.4) is 0 Å². The van der Waals surface area contributed by atoms with Gasteiger partial charge in [0.25, 0.3) is 5.91 Å². The second-order valence-corrected chi connectivity index (χ2v) is 23.5. The molecule has 0 spiro atoms. The summed E-state index contributed by atoms with van der Waals surface area (Å²) in [5.74, 6) is 7.73. The number of hydrogen-bond acceptors (Lipinski definition) is 15. The van der Waals surface area contributed by atoms with E-state index in [0.29, 0.717) is 71.7 Å². The molecule has 6 bridgehead atoms. The molecule has 0 radical (unpaired) electrons. The molecule has 3 aromatic heterocycles. The number of thiazole rings is 1. The van der Waals surface area contributed by atoms with Gasteiger partial charge in [0, 0.05) is 106 Å². The van der Waals surface area contributed by atoms with Gasteiger partial charge < -0.3 is 43.0 Å². The summed E-state index contributed by atoms with van der Waals surface area (Å²) in [6.45, 7) is 24.9. The highest BCUT2D eigenvalue weighted by Crippen LogP contribution is 2.46. The molecule has 1 amide bonds. The van der Waals surface area contributed by atoms with Crippen LogP contribution in [0, 0.1) is 29.1 Å². The average Bonchev–Trinajstić information content (AvgIpc) is 4.01. The van der Waals surface area contributed by atoms with Crippen LogP contribution in [0.25, 0.3) is 22.9 Å². The Morgan fingerprint density at radius 2 is 1.76 bits per heavy atom. The van der Waals surface area contributed by atoms with Gasteiger partial charge in [0.2, 0.25) is 0 Å². The van der Waals surface area contributed by atoms with Crippen LogP contribution in [0.4, 0.5) is 0 Å². The van der Waals surface area contributed by atoms with E-state index < -0.39 is 6.04 Å². The molecule has 404 valence electrons. The fourth-order valence-corrected chi connectivity index (χ4v) is 13.0. The van der Waals surface area contributed by atoms with E-state index >= 15 is 4.79 Å². The minimum Gasteiger partial charge on any atom is -0.381 e. The maximum Gasteiger partial charge on any atom is 0.255 e. The number of ether oxygens (including phenoxy) is 7. The minimum atomic E-state index is -0.565. The third-order valence-electron chi connectivity index (χ3n) is 16.5. The number of amides is 1. The fourth-order valence-electron chi connectivity index (χ4n) is 12.0. The van der Waals surface area contributed by atoms with Crippen molar-refractivity contribution in [2.24, 2.45) is 17.3 Å². The van der Waals surface area contributed by atoms with Gasteiger partial charge in [-0.1, -0.05) is 39.5 Å². The number of hydrogen-bond donors (Lipinski definition) is 2. The summed E-state index contributed by atoms with van der Waals surface area (Å²) in [6, 6.07) is 1.44. The third kappa shape index (κ3) is 12.2. The largest absolute Gasteiger partial charge is 0.381 e. The van der Waals surface area contributed by atoms with Gasteiger partial charge in [-0.2, -0.15) is 0 Å². The van der Waals surface area contributed by atoms with E-state index in [9.17, 15) is 0 Å². The smallest absolute Gasteiger partial charge is 0.255 e. The number of rotatable bonds is 12. The van der Waals surface area contributed by atoms with Crippen molar-refractivity contribution in [3.8, 4) is 23.1 Å². The minimum absolute atomic E-state index is 0.0163. The molecule has 5 fully saturated rings. The lowest BCUT2D eigenvalue weighted by molar-refractivity contribution is -0.144. The number of nitrogens with zero attached hydrogens (tertiary/aromatic N) is 6. The fraction of sp³-hybridized carbons (Fsp3) is 0.702. The van der Waals surface area contributed by atoms with Crippen molar-refractivity contribution in [2.45, 2.75) is 129 Å². The summed E-state index contributed by atoms with van der Waals surface area (Å²) < 4.78 is 45.5. The van der Waals surface area contributed by atoms with Crippen molar-refractivity contribution in [3.05, 3.63) is 56.4 Å². The van der Waals surface area contributed by atoms with Crippen LogP contribution in [0.15, 0.2) is 17.6 Å². The van der Waals surface area contributed by atoms with E-state index in [4.69, 9.17) is 43.1 Å². The Morgan fingerprint density at radius 1 is 0.986 bits per heavy atom. The van der Waals surface area contributed by atoms with E-state index in [1.807, 2.05) is 11.2 Å². The number of aromatic nitrogens is 3. The maximum absolute atomic E-state index is 15.2. The number of hydrazine groups is 1. The highest BCUT2D eigenvalue weighted by atomic mass is 32.1. The monoisotopic (exact) mass is 1040 g/mol. The Morgan fingerprint density at radius 3 is 2.50 bits per heavy atom. The van der Waals surface area contributed by atoms with Gasteiger partial charge in [0.15, 0.2) is 0 Å². The molecule has 1 unspecified atom stereocenters. The molecular weight excluding hydrogens is 957 g/mol. The predicted molar refractivity (Wildman–Crippen MR) is 286 cm³/mol. The molecule has 17 heteroatoms. The number of carbonyl (C=O) groups is 1. The lowest BCUT2D eigenvalue weighted by Gasteiger charge is -2.42. The molecule has 5 saturated heterocycles. The molecule has 3 aromatic rings. The normalized spacial score (nSPS) is 28.3. The Kier molecular flexibility index (Phi) is 17.7. The second kappa shape index (κ2) is 24.4. The molecule has 0 saturated carbocycles. The zero-order chi connectivity index (χ0) is 51.3. The standard InChI is InChI=1S/C57H82N8O8S/c1-37-27-49-45-29-44(37)48-35-74-55(60-48)54(63-17-24-70-25-18-63)52(59-32-50-38(2)33-73-50)56(66)65-14-8-9-42(61-65)34-71-36-57(5,6)30-47(45)53(64(49)19-26-72-43-12-20-68-21-13-43)46-28-41(31-58-51(46)40(4)67-7)11-10-39(3)62-15-22-69-23-16-62/h28-29,31,35,37-40,42-43,50,52,54,59,61H,8-9,12-27,30,32-34,36H2,1-7H3/t37?,38-,39+,40-,42-,50+,52-,54-/m0/s1. The molecule has 2 N–H and O–H groups in total. The van der Waals surface area contributed by atoms with E-state index in [-0.39, 0.29) is 53.7 Å². The van der Waals surface area contributed by atoms with E-state index in [0.717, 1.165) is 118 Å². The van der Waals surface area contributed by atoms with Crippen LogP contribution in [0.5, 0.6) is 0 Å². The second-order valence-electron chi connectivity index (χ2n) is 22.6. The van der Waals surface area contributed by atoms with Gasteiger partial charge in [-0.25, -0.2) is 10.4 Å². The van der Waals surface area contributed by atoms with Crippen LogP contribution in [0.2, 0.25) is 0 Å². The first-order valence-corrected chi connectivity index (χ1v) is 28.6. The van der Waals surface area contributed by atoms with Gasteiger partial charge in [-0.15, -0.1) is 11.3 Å². The zero-order valence-electron chi connectivity index (χ0n) is 45.1. The molecule has 10 rings (SSSR count). The van der Waals surface area contributed by atoms with Crippen molar-refractivity contribution >= 4 is 28.9 Å². The van der Waals surface area contributed by atoms with Gasteiger partial charge in [0.1, 0.15) is 11.0 Å². The number of methoxy groups -OCH3 is 1. The van der Waals surface area contributed by atoms with E-state index in [1.54, 1.807) is 18.4 Å². The number of carbonyl (C=O) groups excluding carboxylic acids is 1. The zero-order valence-corrected chi connectivity index (χ0v) is 45.9. The average molecular weight is 1040 g/mol. The van der Waals surface area contributed by atoms with Crippen molar-refractivity contribution in [3.63, 3.8) is 0 Å². The number of fused-ring (bicyclic) bond motifs is 5. The Hall–Kier alpha value is -3.61. The molecule has 8 atom stereocenters. The number of morpholine rings is 2. The molecule has 1 aliphatic carbocycles. The highest BCUT2D eigenvalue weighted by molar-refractivity contribution is 7.09. The number of nitrogens with one attached hydrogen (secondary N) is 2. The third-order valence-corrected chi connectivity index (χ3v) is 17.4. The van der Waals surface area contributed by atoms with Crippen LogP contribution in [-0.2, 0) is 57.3 Å². The molecule has 16 nitrogen and oxygen atoms in total. The first kappa shape index (κ1) is 53.8. The van der Waals surface area contributed by atoms with Gasteiger partial charge in [-0.3, -0.25) is 24.6 Å². The number of pyridine rings is 1. The van der Waals surface area contributed by atoms with Crippen LogP contribution < -0.4 is 10.7 Å². The van der Waals surface area contributed by atoms with Crippen LogP contribution >= 0.6 is 11.3 Å². The van der Waals surface area contributed by atoms with Crippen molar-refractivity contribution in [1.82, 2.24) is 40.1 Å². The lowest BCUT2D eigenvalue weighted by atomic mass is 9.80. The van der Waals surface area contributed by atoms with Crippen molar-refractivity contribution in [2.75, 3.05) is 112 Å². The summed E-state index contributed by atoms with van der Waals surface area (Å²) in [4.78, 5) is 30.8. The first-order valence-electron chi connectivity index (χ1n) is 27.7. The van der Waals surface area contributed by atoms with E-state index in [1.165, 1.54) is 22.4 Å². The van der Waals surface area contributed by atoms with Crippen molar-refractivity contribution in [1.29, 1.82) is 0 Å². The predicted octanol–water partition coefficient (Wildman–Crippen LogP) is 6.18. The Balaban J connectivity index is 1.12. The Labute approximate surface area is 443 Å². The first-order chi connectivity index (χ1) is 35.9. The molecule has 9 heterocycles. The summed E-state index contributed by atoms with van der Waals surface area (Å²) in [5, 5.41) is 8.82. The van der Waals surface area contributed by atoms with Crippen LogP contribution in [-0.4, -0.2) is 178 Å². The van der Waals surface area contributed by atoms with Crippen LogP contribution in [0.1, 0.15) is 118 Å². The SMILES string of the molecule is CO[C@@H](C)c1ncc(C#C[C@@H](C)N2CCOCC2)cc1-c1c2c3c(n1CCOC1CCOCC1)CC(C)C(=C3)c1csc(n1)[C@@H](N1CCOCC1)[C@H](NC[C@H]1OC[C@@H]1C)C(=O)N1CCC[C@@H](COCC(C)(C)C2)N1. The van der Waals surface area contributed by atoms with Gasteiger partial charge in [-0.05, 0) is 92.5 Å². The molecular formula is C57H82N8O8S. The molecule has 74 heavy (non-hydrogen) atoms. The topological polar surface area (TPSA) is 146 Å². The maximum atomic E-state index is 15.2. The summed E-state index contributed by atoms with van der Waals surface area (Å²) in [7, 11) is 1.76. The number of allylic oxidation sites excluding steroid dienone is 1. The van der Waals surface area contributed by atoms with Crippen molar-refractivity contribution < 1.29 is 38.0 Å². The Bertz CT molecular complexity index is 2480. The van der Waals surface area contributed by atoms with E-state index in [2.05, 4.69) is 96.0 Å². The van der Waals surface area contributed by atoms with Gasteiger partial charge in [0.05, 0.1) is 100 Å². The highest BCUT2D eigenvalue weighted by Gasteiger charge is 2.43. The van der Waals surface area contributed by atoms with Gasteiger partial charge >= 0.3 is 0 Å². The summed E-state index contributed by atoms with van der Waals surface area (Å²) >= 11 is 1.67.